The Labute approximate surface area is 67.2 Å². The van der Waals surface area contributed by atoms with E-state index in [-0.39, 0.29) is 17.0 Å². The highest BCUT2D eigenvalue weighted by Crippen LogP contribution is 2.10. The van der Waals surface area contributed by atoms with Crippen molar-refractivity contribution in [1.82, 2.24) is 0 Å². The van der Waals surface area contributed by atoms with Crippen LogP contribution in [-0.2, 0) is 0 Å². The van der Waals surface area contributed by atoms with Gasteiger partial charge < -0.3 is 10.8 Å². The molecule has 0 aromatic heterocycles. The van der Waals surface area contributed by atoms with Crippen LogP contribution in [0.5, 0.6) is 0 Å². The predicted molar refractivity (Wildman–Crippen MR) is 44.9 cm³/mol. The SMILES string of the molecule is Br.CCC(O)(CC)CN. The minimum absolute atomic E-state index is 0. The third-order valence-electron chi connectivity index (χ3n) is 1.70. The lowest BCUT2D eigenvalue weighted by Crippen LogP contribution is -2.35. The van der Waals surface area contributed by atoms with Gasteiger partial charge >= 0.3 is 0 Å². The monoisotopic (exact) mass is 197 g/mol. The van der Waals surface area contributed by atoms with Crippen molar-refractivity contribution in [2.24, 2.45) is 5.73 Å². The van der Waals surface area contributed by atoms with Gasteiger partial charge in [0, 0.05) is 6.54 Å². The van der Waals surface area contributed by atoms with E-state index >= 15 is 0 Å². The largest absolute Gasteiger partial charge is 0.389 e. The molecule has 0 amide bonds. The summed E-state index contributed by atoms with van der Waals surface area (Å²) in [5.74, 6) is 0. The van der Waals surface area contributed by atoms with Gasteiger partial charge in [0.1, 0.15) is 0 Å². The third kappa shape index (κ3) is 3.89. The molecule has 2 nitrogen and oxygen atoms in total. The molecule has 0 saturated carbocycles. The van der Waals surface area contributed by atoms with Crippen molar-refractivity contribution in [3.8, 4) is 0 Å². The third-order valence-corrected chi connectivity index (χ3v) is 1.70. The van der Waals surface area contributed by atoms with E-state index in [1.807, 2.05) is 13.8 Å². The topological polar surface area (TPSA) is 46.2 Å². The number of aliphatic hydroxyl groups is 1. The van der Waals surface area contributed by atoms with Gasteiger partial charge in [-0.15, -0.1) is 17.0 Å². The summed E-state index contributed by atoms with van der Waals surface area (Å²) < 4.78 is 0. The first kappa shape index (κ1) is 12.1. The summed E-state index contributed by atoms with van der Waals surface area (Å²) in [4.78, 5) is 0. The minimum atomic E-state index is -0.597. The van der Waals surface area contributed by atoms with Gasteiger partial charge in [-0.05, 0) is 12.8 Å². The second-order valence-electron chi connectivity index (χ2n) is 2.14. The Kier molecular flexibility index (Phi) is 7.01. The van der Waals surface area contributed by atoms with Crippen LogP contribution in [0.2, 0.25) is 0 Å². The second-order valence-corrected chi connectivity index (χ2v) is 2.14. The Hall–Kier alpha value is 0.400. The molecule has 0 spiro atoms. The van der Waals surface area contributed by atoms with E-state index in [2.05, 4.69) is 0 Å². The van der Waals surface area contributed by atoms with E-state index in [9.17, 15) is 5.11 Å². The van der Waals surface area contributed by atoms with Gasteiger partial charge in [-0.25, -0.2) is 0 Å². The van der Waals surface area contributed by atoms with Crippen molar-refractivity contribution in [1.29, 1.82) is 0 Å². The van der Waals surface area contributed by atoms with Gasteiger partial charge in [0.05, 0.1) is 5.60 Å². The van der Waals surface area contributed by atoms with Gasteiger partial charge in [-0.1, -0.05) is 13.8 Å². The van der Waals surface area contributed by atoms with Crippen molar-refractivity contribution < 1.29 is 5.11 Å². The zero-order valence-corrected chi connectivity index (χ0v) is 7.77. The standard InChI is InChI=1S/C6H15NO.BrH/c1-3-6(8,4-2)5-7;/h8H,3-5,7H2,1-2H3;1H. The van der Waals surface area contributed by atoms with E-state index in [0.717, 1.165) is 12.8 Å². The van der Waals surface area contributed by atoms with Crippen molar-refractivity contribution in [3.63, 3.8) is 0 Å². The van der Waals surface area contributed by atoms with E-state index in [1.54, 1.807) is 0 Å². The molecule has 3 heteroatoms. The molecule has 0 bridgehead atoms. The molecule has 0 heterocycles. The van der Waals surface area contributed by atoms with Gasteiger partial charge in [-0.2, -0.15) is 0 Å². The molecule has 0 saturated heterocycles. The van der Waals surface area contributed by atoms with Crippen molar-refractivity contribution in [2.75, 3.05) is 6.54 Å². The summed E-state index contributed by atoms with van der Waals surface area (Å²) >= 11 is 0. The first-order valence-electron chi connectivity index (χ1n) is 3.11. The molecule has 3 N–H and O–H groups in total. The van der Waals surface area contributed by atoms with Gasteiger partial charge in [0.15, 0.2) is 0 Å². The molecule has 0 rings (SSSR count). The quantitative estimate of drug-likeness (QED) is 0.712. The molecule has 0 aliphatic heterocycles. The first-order valence-corrected chi connectivity index (χ1v) is 3.11. The maximum atomic E-state index is 9.31. The van der Waals surface area contributed by atoms with E-state index in [0.29, 0.717) is 6.54 Å². The summed E-state index contributed by atoms with van der Waals surface area (Å²) in [5.41, 5.74) is 4.68. The van der Waals surface area contributed by atoms with Crippen molar-refractivity contribution >= 4 is 17.0 Å². The number of hydrogen-bond acceptors (Lipinski definition) is 2. The Morgan fingerprint density at radius 1 is 1.33 bits per heavy atom. The zero-order chi connectivity index (χ0) is 6.62. The fourth-order valence-corrected chi connectivity index (χ4v) is 0.539. The lowest BCUT2D eigenvalue weighted by atomic mass is 9.98. The molecule has 0 aromatic carbocycles. The Morgan fingerprint density at radius 3 is 1.67 bits per heavy atom. The Morgan fingerprint density at radius 2 is 1.67 bits per heavy atom. The summed E-state index contributed by atoms with van der Waals surface area (Å²) in [7, 11) is 0. The first-order chi connectivity index (χ1) is 3.68. The summed E-state index contributed by atoms with van der Waals surface area (Å²) in [5, 5.41) is 9.31. The average Bonchev–Trinajstić information content (AvgIpc) is 1.87. The molecule has 0 aliphatic rings. The molecular weight excluding hydrogens is 182 g/mol. The maximum Gasteiger partial charge on any atom is 0.0764 e. The summed E-state index contributed by atoms with van der Waals surface area (Å²) in [6.07, 6.45) is 1.50. The van der Waals surface area contributed by atoms with Crippen LogP contribution in [0.25, 0.3) is 0 Å². The highest BCUT2D eigenvalue weighted by molar-refractivity contribution is 8.93. The summed E-state index contributed by atoms with van der Waals surface area (Å²) in [6, 6.07) is 0. The minimum Gasteiger partial charge on any atom is -0.389 e. The van der Waals surface area contributed by atoms with Crippen LogP contribution in [0.15, 0.2) is 0 Å². The molecule has 9 heavy (non-hydrogen) atoms. The van der Waals surface area contributed by atoms with Crippen molar-refractivity contribution in [3.05, 3.63) is 0 Å². The van der Waals surface area contributed by atoms with E-state index in [4.69, 9.17) is 5.73 Å². The normalized spacial score (nSPS) is 10.7. The van der Waals surface area contributed by atoms with E-state index < -0.39 is 5.60 Å². The fourth-order valence-electron chi connectivity index (χ4n) is 0.539. The van der Waals surface area contributed by atoms with Gasteiger partial charge in [0.25, 0.3) is 0 Å². The number of halogens is 1. The molecule has 0 atom stereocenters. The van der Waals surface area contributed by atoms with Crippen molar-refractivity contribution in [2.45, 2.75) is 32.3 Å². The van der Waals surface area contributed by atoms with Gasteiger partial charge in [0.2, 0.25) is 0 Å². The predicted octanol–water partition coefficient (Wildman–Crippen LogP) is 1.07. The highest BCUT2D eigenvalue weighted by atomic mass is 79.9. The van der Waals surface area contributed by atoms with Crippen LogP contribution in [0.3, 0.4) is 0 Å². The van der Waals surface area contributed by atoms with Crippen LogP contribution < -0.4 is 5.73 Å². The average molecular weight is 198 g/mol. The van der Waals surface area contributed by atoms with Crippen LogP contribution >= 0.6 is 17.0 Å². The van der Waals surface area contributed by atoms with Crippen LogP contribution in [0, 0.1) is 0 Å². The summed E-state index contributed by atoms with van der Waals surface area (Å²) in [6.45, 7) is 4.26. The molecule has 0 fully saturated rings. The molecule has 0 aromatic rings. The second kappa shape index (κ2) is 5.21. The van der Waals surface area contributed by atoms with Gasteiger partial charge in [-0.3, -0.25) is 0 Å². The molecule has 58 valence electrons. The lowest BCUT2D eigenvalue weighted by Gasteiger charge is -2.21. The van der Waals surface area contributed by atoms with Crippen LogP contribution in [0.1, 0.15) is 26.7 Å². The molecular formula is C6H16BrNO. The smallest absolute Gasteiger partial charge is 0.0764 e. The number of nitrogens with two attached hydrogens (primary N) is 1. The number of rotatable bonds is 3. The molecule has 0 aliphatic carbocycles. The highest BCUT2D eigenvalue weighted by Gasteiger charge is 2.18. The molecule has 0 radical (unpaired) electrons. The number of hydrogen-bond donors (Lipinski definition) is 2. The Balaban J connectivity index is 0. The van der Waals surface area contributed by atoms with E-state index in [1.165, 1.54) is 0 Å². The van der Waals surface area contributed by atoms with Crippen LogP contribution in [-0.4, -0.2) is 17.3 Å². The zero-order valence-electron chi connectivity index (χ0n) is 6.05. The fraction of sp³-hybridized carbons (Fsp3) is 1.00. The maximum absolute atomic E-state index is 9.31. The molecule has 0 unspecified atom stereocenters. The van der Waals surface area contributed by atoms with Crippen LogP contribution in [0.4, 0.5) is 0 Å². The lowest BCUT2D eigenvalue weighted by molar-refractivity contribution is 0.0414. The Bertz CT molecular complexity index is 55.8.